The van der Waals surface area contributed by atoms with Crippen LogP contribution in [0.2, 0.25) is 0 Å². The number of carbonyl (C=O) groups is 1. The number of aromatic nitrogens is 2. The Morgan fingerprint density at radius 2 is 1.78 bits per heavy atom. The zero-order valence-corrected chi connectivity index (χ0v) is 22.5. The van der Waals surface area contributed by atoms with Gasteiger partial charge in [0.1, 0.15) is 15.8 Å². The fourth-order valence-electron chi connectivity index (χ4n) is 4.12. The number of fused-ring (bicyclic) bond motifs is 1. The standard InChI is InChI=1S/C28H32N4O2S2/c1-3-4-5-6-7-9-16-29-25-22(26(33)31-17-10-8-11-24(31)30-25)18-23-27(34)32(28(35)36-23)19-21-14-12-20(2)13-15-21/h8,10-15,17-18,29H,3-7,9,16,19H2,1-2H3. The van der Waals surface area contributed by atoms with Gasteiger partial charge in [0.2, 0.25) is 0 Å². The summed E-state index contributed by atoms with van der Waals surface area (Å²) in [6.07, 6.45) is 10.4. The highest BCUT2D eigenvalue weighted by Crippen LogP contribution is 2.34. The second kappa shape index (κ2) is 12.3. The van der Waals surface area contributed by atoms with Gasteiger partial charge in [0.05, 0.1) is 17.0 Å². The number of amides is 1. The Morgan fingerprint density at radius 3 is 2.56 bits per heavy atom. The zero-order valence-electron chi connectivity index (χ0n) is 20.8. The molecule has 1 aliphatic heterocycles. The highest BCUT2D eigenvalue weighted by atomic mass is 32.2. The fraction of sp³-hybridized carbons (Fsp3) is 0.357. The Hall–Kier alpha value is -2.97. The number of thioether (sulfide) groups is 1. The average molecular weight is 521 g/mol. The summed E-state index contributed by atoms with van der Waals surface area (Å²) in [7, 11) is 0. The number of hydrogen-bond acceptors (Lipinski definition) is 6. The Balaban J connectivity index is 1.57. The molecule has 8 heteroatoms. The molecule has 6 nitrogen and oxygen atoms in total. The first-order chi connectivity index (χ1) is 17.5. The Morgan fingerprint density at radius 1 is 1.03 bits per heavy atom. The van der Waals surface area contributed by atoms with Crippen LogP contribution in [0.15, 0.2) is 58.4 Å². The molecule has 0 saturated carbocycles. The van der Waals surface area contributed by atoms with Crippen LogP contribution in [0.4, 0.5) is 5.82 Å². The molecule has 188 valence electrons. The second-order valence-electron chi connectivity index (χ2n) is 9.06. The number of benzene rings is 1. The number of thiocarbonyl (C=S) groups is 1. The summed E-state index contributed by atoms with van der Waals surface area (Å²) in [4.78, 5) is 33.4. The van der Waals surface area contributed by atoms with Gasteiger partial charge in [0, 0.05) is 12.7 Å². The van der Waals surface area contributed by atoms with Crippen molar-refractivity contribution in [2.45, 2.75) is 58.9 Å². The molecule has 0 spiro atoms. The lowest BCUT2D eigenvalue weighted by Crippen LogP contribution is -2.27. The van der Waals surface area contributed by atoms with Gasteiger partial charge in [-0.2, -0.15) is 0 Å². The van der Waals surface area contributed by atoms with Crippen LogP contribution in [0, 0.1) is 6.92 Å². The third-order valence-corrected chi connectivity index (χ3v) is 7.58. The van der Waals surface area contributed by atoms with Gasteiger partial charge in [-0.25, -0.2) is 4.98 Å². The largest absolute Gasteiger partial charge is 0.369 e. The molecular formula is C28H32N4O2S2. The number of rotatable bonds is 11. The maximum absolute atomic E-state index is 13.4. The maximum atomic E-state index is 13.4. The molecule has 0 aliphatic carbocycles. The summed E-state index contributed by atoms with van der Waals surface area (Å²) < 4.78 is 2.00. The van der Waals surface area contributed by atoms with E-state index in [-0.39, 0.29) is 11.5 Å². The van der Waals surface area contributed by atoms with E-state index in [1.54, 1.807) is 23.2 Å². The van der Waals surface area contributed by atoms with Crippen LogP contribution >= 0.6 is 24.0 Å². The molecule has 36 heavy (non-hydrogen) atoms. The summed E-state index contributed by atoms with van der Waals surface area (Å²) in [5, 5.41) is 3.36. The Bertz CT molecular complexity index is 1330. The summed E-state index contributed by atoms with van der Waals surface area (Å²) in [5.74, 6) is 0.313. The van der Waals surface area contributed by atoms with Crippen molar-refractivity contribution in [3.63, 3.8) is 0 Å². The molecule has 1 amide bonds. The van der Waals surface area contributed by atoms with Gasteiger partial charge in [0.25, 0.3) is 11.5 Å². The van der Waals surface area contributed by atoms with E-state index in [0.29, 0.717) is 32.8 Å². The van der Waals surface area contributed by atoms with Crippen LogP contribution < -0.4 is 10.9 Å². The number of nitrogens with one attached hydrogen (secondary N) is 1. The number of nitrogens with zero attached hydrogens (tertiary/aromatic N) is 3. The van der Waals surface area contributed by atoms with E-state index in [9.17, 15) is 9.59 Å². The number of pyridine rings is 1. The minimum Gasteiger partial charge on any atom is -0.369 e. The van der Waals surface area contributed by atoms with Crippen molar-refractivity contribution in [2.75, 3.05) is 11.9 Å². The van der Waals surface area contributed by atoms with Crippen LogP contribution in [-0.2, 0) is 11.3 Å². The molecule has 3 aromatic rings. The van der Waals surface area contributed by atoms with Crippen LogP contribution in [-0.4, -0.2) is 31.1 Å². The van der Waals surface area contributed by atoms with E-state index in [4.69, 9.17) is 17.2 Å². The summed E-state index contributed by atoms with van der Waals surface area (Å²) in [6, 6.07) is 13.5. The summed E-state index contributed by atoms with van der Waals surface area (Å²) >= 11 is 6.75. The molecular weight excluding hydrogens is 488 g/mol. The number of aryl methyl sites for hydroxylation is 1. The van der Waals surface area contributed by atoms with Crippen LogP contribution in [0.25, 0.3) is 11.7 Å². The second-order valence-corrected chi connectivity index (χ2v) is 10.7. The lowest BCUT2D eigenvalue weighted by molar-refractivity contribution is -0.122. The van der Waals surface area contributed by atoms with Crippen LogP contribution in [0.1, 0.15) is 62.1 Å². The molecule has 1 aromatic carbocycles. The summed E-state index contributed by atoms with van der Waals surface area (Å²) in [5.41, 5.74) is 2.90. The predicted octanol–water partition coefficient (Wildman–Crippen LogP) is 6.18. The highest BCUT2D eigenvalue weighted by Gasteiger charge is 2.32. The normalized spacial score (nSPS) is 14.8. The third kappa shape index (κ3) is 6.23. The quantitative estimate of drug-likeness (QED) is 0.185. The molecule has 0 atom stereocenters. The van der Waals surface area contributed by atoms with Crippen molar-refractivity contribution in [3.8, 4) is 0 Å². The topological polar surface area (TPSA) is 66.7 Å². The Kier molecular flexibility index (Phi) is 8.93. The SMILES string of the molecule is CCCCCCCCNc1nc2ccccn2c(=O)c1C=C1SC(=S)N(Cc2ccc(C)cc2)C1=O. The first-order valence-electron chi connectivity index (χ1n) is 12.5. The molecule has 4 rings (SSSR count). The van der Waals surface area contributed by atoms with Crippen LogP contribution in [0.3, 0.4) is 0 Å². The minimum absolute atomic E-state index is 0.190. The van der Waals surface area contributed by atoms with E-state index in [2.05, 4.69) is 12.2 Å². The lowest BCUT2D eigenvalue weighted by atomic mass is 10.1. The first-order valence-corrected chi connectivity index (χ1v) is 13.8. The van der Waals surface area contributed by atoms with E-state index in [1.165, 1.54) is 41.8 Å². The molecule has 1 aliphatic rings. The van der Waals surface area contributed by atoms with E-state index < -0.39 is 0 Å². The van der Waals surface area contributed by atoms with E-state index >= 15 is 0 Å². The molecule has 1 saturated heterocycles. The van der Waals surface area contributed by atoms with Crippen molar-refractivity contribution < 1.29 is 4.79 Å². The van der Waals surface area contributed by atoms with Crippen molar-refractivity contribution in [3.05, 3.63) is 80.6 Å². The Labute approximate surface area is 221 Å². The van der Waals surface area contributed by atoms with Gasteiger partial charge in [-0.15, -0.1) is 0 Å². The number of hydrogen-bond donors (Lipinski definition) is 1. The first kappa shape index (κ1) is 26.1. The number of anilines is 1. The molecule has 2 aromatic heterocycles. The average Bonchev–Trinajstić information content (AvgIpc) is 3.14. The molecule has 1 N–H and O–H groups in total. The van der Waals surface area contributed by atoms with Gasteiger partial charge >= 0.3 is 0 Å². The molecule has 3 heterocycles. The van der Waals surface area contributed by atoms with Gasteiger partial charge in [0.15, 0.2) is 0 Å². The van der Waals surface area contributed by atoms with Crippen LogP contribution in [0.5, 0.6) is 0 Å². The smallest absolute Gasteiger partial charge is 0.267 e. The zero-order chi connectivity index (χ0) is 25.5. The maximum Gasteiger partial charge on any atom is 0.267 e. The third-order valence-electron chi connectivity index (χ3n) is 6.20. The van der Waals surface area contributed by atoms with Crippen molar-refractivity contribution >= 4 is 51.7 Å². The fourth-order valence-corrected chi connectivity index (χ4v) is 5.36. The van der Waals surface area contributed by atoms with Crippen molar-refractivity contribution in [2.24, 2.45) is 0 Å². The molecule has 1 fully saturated rings. The molecule has 0 radical (unpaired) electrons. The summed E-state index contributed by atoms with van der Waals surface area (Å²) in [6.45, 7) is 5.36. The highest BCUT2D eigenvalue weighted by molar-refractivity contribution is 8.26. The van der Waals surface area contributed by atoms with Gasteiger partial charge in [-0.1, -0.05) is 98.9 Å². The monoisotopic (exact) mass is 520 g/mol. The number of carbonyl (C=O) groups excluding carboxylic acids is 1. The molecule has 0 bridgehead atoms. The molecule has 0 unspecified atom stereocenters. The minimum atomic E-state index is -0.213. The van der Waals surface area contributed by atoms with E-state index in [1.807, 2.05) is 43.3 Å². The van der Waals surface area contributed by atoms with Crippen molar-refractivity contribution in [1.29, 1.82) is 0 Å². The predicted molar refractivity (Wildman–Crippen MR) is 153 cm³/mol. The van der Waals surface area contributed by atoms with Gasteiger partial charge in [-0.3, -0.25) is 18.9 Å². The van der Waals surface area contributed by atoms with Crippen molar-refractivity contribution in [1.82, 2.24) is 14.3 Å². The lowest BCUT2D eigenvalue weighted by Gasteiger charge is -2.14. The van der Waals surface area contributed by atoms with E-state index in [0.717, 1.165) is 30.5 Å². The number of unbranched alkanes of at least 4 members (excludes halogenated alkanes) is 5. The van der Waals surface area contributed by atoms with Gasteiger partial charge < -0.3 is 5.32 Å². The van der Waals surface area contributed by atoms with Gasteiger partial charge in [-0.05, 0) is 37.1 Å².